The lowest BCUT2D eigenvalue weighted by Crippen LogP contribution is -2.54. The van der Waals surface area contributed by atoms with Gasteiger partial charge in [-0.3, -0.25) is 9.59 Å². The normalized spacial score (nSPS) is 25.2. The third kappa shape index (κ3) is 6.11. The monoisotopic (exact) mass is 559 g/mol. The van der Waals surface area contributed by atoms with Crippen molar-refractivity contribution >= 4 is 23.7 Å². The van der Waals surface area contributed by atoms with Crippen LogP contribution in [0.1, 0.15) is 87.7 Å². The van der Waals surface area contributed by atoms with Gasteiger partial charge in [-0.2, -0.15) is 0 Å². The molecule has 1 atom stereocenters. The molecule has 220 valence electrons. The number of carbonyl (C=O) groups is 3. The molecule has 1 unspecified atom stereocenters. The van der Waals surface area contributed by atoms with Crippen LogP contribution < -0.4 is 10.6 Å². The number of hydrogen-bond donors (Lipinski definition) is 2. The fourth-order valence-corrected chi connectivity index (χ4v) is 7.16. The van der Waals surface area contributed by atoms with E-state index in [0.717, 1.165) is 45.1 Å². The summed E-state index contributed by atoms with van der Waals surface area (Å²) in [6.45, 7) is 5.97. The van der Waals surface area contributed by atoms with Gasteiger partial charge in [-0.15, -0.1) is 0 Å². The highest BCUT2D eigenvalue weighted by atomic mass is 16.2. The topological polar surface area (TPSA) is 94.6 Å². The average Bonchev–Trinajstić information content (AvgIpc) is 3.21. The summed E-state index contributed by atoms with van der Waals surface area (Å²) in [4.78, 5) is 47.1. The molecule has 1 aromatic heterocycles. The molecule has 3 fully saturated rings. The smallest absolute Gasteiger partial charge is 0.321 e. The van der Waals surface area contributed by atoms with E-state index in [-0.39, 0.29) is 41.0 Å². The van der Waals surface area contributed by atoms with Gasteiger partial charge in [-0.25, -0.2) is 9.78 Å². The van der Waals surface area contributed by atoms with Gasteiger partial charge in [0.25, 0.3) is 5.91 Å². The molecule has 2 heterocycles. The van der Waals surface area contributed by atoms with Crippen LogP contribution in [0.25, 0.3) is 0 Å². The summed E-state index contributed by atoms with van der Waals surface area (Å²) in [7, 11) is 1.54. The molecule has 1 saturated heterocycles. The number of nitrogens with one attached hydrogen (secondary N) is 2. The number of benzene rings is 1. The zero-order valence-corrected chi connectivity index (χ0v) is 24.8. The van der Waals surface area contributed by atoms with E-state index in [1.165, 1.54) is 24.8 Å². The van der Waals surface area contributed by atoms with Gasteiger partial charge in [0.2, 0.25) is 5.91 Å². The molecular formula is C33H45N5O3. The third-order valence-corrected chi connectivity index (χ3v) is 10.00. The highest BCUT2D eigenvalue weighted by Gasteiger charge is 2.54. The molecule has 2 saturated carbocycles. The Morgan fingerprint density at radius 1 is 1.05 bits per heavy atom. The number of nitrogens with zero attached hydrogens (tertiary/aromatic N) is 3. The van der Waals surface area contributed by atoms with Crippen molar-refractivity contribution in [2.75, 3.05) is 32.0 Å². The molecule has 0 radical (unpaired) electrons. The summed E-state index contributed by atoms with van der Waals surface area (Å²) in [5.74, 6) is 0.880. The van der Waals surface area contributed by atoms with E-state index in [1.54, 1.807) is 30.1 Å². The van der Waals surface area contributed by atoms with Crippen LogP contribution in [0.4, 0.5) is 10.6 Å². The van der Waals surface area contributed by atoms with Gasteiger partial charge in [-0.05, 0) is 79.9 Å². The van der Waals surface area contributed by atoms with Crippen LogP contribution in [0.5, 0.6) is 0 Å². The molecule has 1 aromatic carbocycles. The van der Waals surface area contributed by atoms with Gasteiger partial charge in [-0.1, -0.05) is 63.1 Å². The highest BCUT2D eigenvalue weighted by Crippen LogP contribution is 2.51. The van der Waals surface area contributed by atoms with E-state index in [4.69, 9.17) is 0 Å². The van der Waals surface area contributed by atoms with Crippen molar-refractivity contribution in [3.8, 4) is 0 Å². The molecule has 8 heteroatoms. The minimum Gasteiger partial charge on any atom is -0.354 e. The lowest BCUT2D eigenvalue weighted by molar-refractivity contribution is -0.116. The van der Waals surface area contributed by atoms with Crippen molar-refractivity contribution in [2.45, 2.75) is 82.6 Å². The van der Waals surface area contributed by atoms with E-state index < -0.39 is 0 Å². The largest absolute Gasteiger partial charge is 0.354 e. The van der Waals surface area contributed by atoms with E-state index in [2.05, 4.69) is 64.7 Å². The summed E-state index contributed by atoms with van der Waals surface area (Å²) in [5, 5.41) is 5.34. The van der Waals surface area contributed by atoms with Gasteiger partial charge in [0.1, 0.15) is 18.1 Å². The van der Waals surface area contributed by atoms with Crippen LogP contribution in [0, 0.1) is 11.8 Å². The van der Waals surface area contributed by atoms with Crippen LogP contribution >= 0.6 is 0 Å². The van der Waals surface area contributed by atoms with Gasteiger partial charge in [0.15, 0.2) is 0 Å². The second-order valence-electron chi connectivity index (χ2n) is 12.7. The molecule has 2 aliphatic carbocycles. The summed E-state index contributed by atoms with van der Waals surface area (Å²) < 4.78 is 0. The predicted molar refractivity (Wildman–Crippen MR) is 161 cm³/mol. The van der Waals surface area contributed by atoms with Gasteiger partial charge in [0.05, 0.1) is 5.54 Å². The molecule has 2 aromatic rings. The first-order valence-corrected chi connectivity index (χ1v) is 15.4. The Hall–Kier alpha value is -3.42. The molecule has 8 nitrogen and oxygen atoms in total. The first kappa shape index (κ1) is 29.1. The molecule has 4 amide bonds. The fraction of sp³-hybridized carbons (Fsp3) is 0.576. The van der Waals surface area contributed by atoms with Crippen LogP contribution in [-0.4, -0.2) is 64.9 Å². The van der Waals surface area contributed by atoms with E-state index >= 15 is 0 Å². The van der Waals surface area contributed by atoms with E-state index in [1.807, 2.05) is 0 Å². The number of rotatable bonds is 10. The third-order valence-electron chi connectivity index (χ3n) is 10.00. The second-order valence-corrected chi connectivity index (χ2v) is 12.7. The maximum absolute atomic E-state index is 13.9. The second kappa shape index (κ2) is 12.2. The maximum Gasteiger partial charge on any atom is 0.321 e. The number of hydrogen-bond acceptors (Lipinski definition) is 4. The summed E-state index contributed by atoms with van der Waals surface area (Å²) in [5.41, 5.74) is 1.54. The summed E-state index contributed by atoms with van der Waals surface area (Å²) in [6.07, 6.45) is 9.91. The Labute approximate surface area is 244 Å². The average molecular weight is 560 g/mol. The quantitative estimate of drug-likeness (QED) is 0.396. The minimum atomic E-state index is -0.318. The van der Waals surface area contributed by atoms with Gasteiger partial charge in [0, 0.05) is 20.1 Å². The molecule has 3 aliphatic rings. The predicted octanol–water partition coefficient (Wildman–Crippen LogP) is 5.60. The van der Waals surface area contributed by atoms with Crippen LogP contribution in [0.15, 0.2) is 48.5 Å². The van der Waals surface area contributed by atoms with Crippen LogP contribution in [0.3, 0.4) is 0 Å². The van der Waals surface area contributed by atoms with Crippen molar-refractivity contribution < 1.29 is 14.4 Å². The number of pyridine rings is 1. The molecule has 1 spiro atoms. The zero-order chi connectivity index (χ0) is 29.0. The Morgan fingerprint density at radius 3 is 2.41 bits per heavy atom. The van der Waals surface area contributed by atoms with E-state index in [0.29, 0.717) is 24.2 Å². The number of anilines is 1. The Bertz CT molecular complexity index is 1240. The standard InChI is InChI=1S/C33H45N5O3/c1-4-24(2)20-32(26-12-6-5-7-13-26)16-18-33(19-17-32)23-37(31(41)38(33)21-25-10-8-11-25)22-29(39)36-28-15-9-14-27(35-28)30(40)34-3/h5-7,9,12-15,24-25H,4,8,10-11,16-23H2,1-3H3,(H,34,40)(H,35,36,39)/t24?,32-,33-. The fourth-order valence-electron chi connectivity index (χ4n) is 7.16. The van der Waals surface area contributed by atoms with Gasteiger partial charge < -0.3 is 20.4 Å². The number of urea groups is 1. The lowest BCUT2D eigenvalue weighted by Gasteiger charge is -2.50. The molecule has 0 bridgehead atoms. The molecule has 5 rings (SSSR count). The Kier molecular flexibility index (Phi) is 8.66. The van der Waals surface area contributed by atoms with Crippen LogP contribution in [-0.2, 0) is 10.2 Å². The van der Waals surface area contributed by atoms with Crippen molar-refractivity contribution in [3.63, 3.8) is 0 Å². The summed E-state index contributed by atoms with van der Waals surface area (Å²) >= 11 is 0. The molecular weight excluding hydrogens is 514 g/mol. The SMILES string of the molecule is CCC(C)C[C@]1(c2ccccc2)CC[C@]2(CC1)CN(CC(=O)Nc1cccc(C(=O)NC)n1)C(=O)N2CC1CCC1. The summed E-state index contributed by atoms with van der Waals surface area (Å²) in [6, 6.07) is 15.9. The van der Waals surface area contributed by atoms with Crippen molar-refractivity contribution in [2.24, 2.45) is 11.8 Å². The first-order valence-electron chi connectivity index (χ1n) is 15.4. The highest BCUT2D eigenvalue weighted by molar-refractivity contribution is 5.96. The zero-order valence-electron chi connectivity index (χ0n) is 24.8. The molecule has 1 aliphatic heterocycles. The Balaban J connectivity index is 1.33. The van der Waals surface area contributed by atoms with Crippen LogP contribution in [0.2, 0.25) is 0 Å². The number of aromatic nitrogens is 1. The maximum atomic E-state index is 13.9. The van der Waals surface area contributed by atoms with Gasteiger partial charge >= 0.3 is 6.03 Å². The van der Waals surface area contributed by atoms with E-state index in [9.17, 15) is 14.4 Å². The number of carbonyl (C=O) groups excluding carboxylic acids is 3. The van der Waals surface area contributed by atoms with Crippen molar-refractivity contribution in [1.82, 2.24) is 20.1 Å². The Morgan fingerprint density at radius 2 is 1.78 bits per heavy atom. The lowest BCUT2D eigenvalue weighted by atomic mass is 9.60. The van der Waals surface area contributed by atoms with Crippen molar-refractivity contribution in [1.29, 1.82) is 0 Å². The molecule has 2 N–H and O–H groups in total. The molecule has 41 heavy (non-hydrogen) atoms. The number of amides is 4. The minimum absolute atomic E-state index is 0.0201. The first-order chi connectivity index (χ1) is 19.8. The van der Waals surface area contributed by atoms with Crippen molar-refractivity contribution in [3.05, 3.63) is 59.8 Å².